The number of methoxy groups -OCH3 is 2. The number of benzene rings is 1. The molecule has 4 heteroatoms. The van der Waals surface area contributed by atoms with Crippen molar-refractivity contribution in [3.63, 3.8) is 0 Å². The number of hydrogen-bond acceptors (Lipinski definition) is 3. The average molecular weight is 269 g/mol. The van der Waals surface area contributed by atoms with Crippen molar-refractivity contribution in [1.82, 2.24) is 0 Å². The van der Waals surface area contributed by atoms with Crippen molar-refractivity contribution in [3.8, 4) is 11.5 Å². The fourth-order valence-electron chi connectivity index (χ4n) is 1.63. The zero-order chi connectivity index (χ0) is 12.3. The lowest BCUT2D eigenvalue weighted by Gasteiger charge is -2.14. The third-order valence-corrected chi connectivity index (χ3v) is 3.74. The van der Waals surface area contributed by atoms with Crippen LogP contribution in [0.25, 0.3) is 0 Å². The molecule has 90 valence electrons. The van der Waals surface area contributed by atoms with Gasteiger partial charge in [0, 0.05) is 11.6 Å². The van der Waals surface area contributed by atoms with Gasteiger partial charge in [-0.25, -0.2) is 0 Å². The Bertz CT molecular complexity index is 482. The molecular weight excluding hydrogens is 256 g/mol. The number of halogens is 1. The summed E-state index contributed by atoms with van der Waals surface area (Å²) in [6, 6.07) is 7.69. The van der Waals surface area contributed by atoms with Crippen LogP contribution in [0.3, 0.4) is 0 Å². The first kappa shape index (κ1) is 12.3. The zero-order valence-electron chi connectivity index (χ0n) is 9.64. The Labute approximate surface area is 110 Å². The highest BCUT2D eigenvalue weighted by atomic mass is 35.5. The van der Waals surface area contributed by atoms with Gasteiger partial charge in [0.2, 0.25) is 0 Å². The first-order valence-corrected chi connectivity index (χ1v) is 6.52. The maximum absolute atomic E-state index is 6.44. The molecular formula is C13H13ClO2S. The molecule has 0 radical (unpaired) electrons. The van der Waals surface area contributed by atoms with Gasteiger partial charge in [-0.1, -0.05) is 0 Å². The predicted octanol–water partition coefficient (Wildman–Crippen LogP) is 4.09. The van der Waals surface area contributed by atoms with E-state index in [1.165, 1.54) is 0 Å². The predicted molar refractivity (Wildman–Crippen MR) is 71.6 cm³/mol. The lowest BCUT2D eigenvalue weighted by Crippen LogP contribution is -1.97. The van der Waals surface area contributed by atoms with E-state index in [0.29, 0.717) is 0 Å². The highest BCUT2D eigenvalue weighted by molar-refractivity contribution is 7.08. The molecule has 2 aromatic rings. The van der Waals surface area contributed by atoms with Crippen molar-refractivity contribution in [2.45, 2.75) is 5.38 Å². The molecule has 2 rings (SSSR count). The van der Waals surface area contributed by atoms with Crippen molar-refractivity contribution in [3.05, 3.63) is 46.2 Å². The van der Waals surface area contributed by atoms with Crippen LogP contribution in [0.2, 0.25) is 0 Å². The minimum absolute atomic E-state index is 0.192. The van der Waals surface area contributed by atoms with E-state index in [-0.39, 0.29) is 5.38 Å². The van der Waals surface area contributed by atoms with Crippen molar-refractivity contribution in [2.75, 3.05) is 14.2 Å². The Morgan fingerprint density at radius 2 is 2.00 bits per heavy atom. The normalized spacial score (nSPS) is 12.2. The van der Waals surface area contributed by atoms with Gasteiger partial charge in [-0.15, -0.1) is 11.6 Å². The van der Waals surface area contributed by atoms with Gasteiger partial charge in [0.25, 0.3) is 0 Å². The van der Waals surface area contributed by atoms with E-state index >= 15 is 0 Å². The molecule has 0 saturated carbocycles. The molecule has 0 aliphatic carbocycles. The van der Waals surface area contributed by atoms with Crippen molar-refractivity contribution < 1.29 is 9.47 Å². The fourth-order valence-corrected chi connectivity index (χ4v) is 2.70. The Balaban J connectivity index is 2.38. The molecule has 0 fully saturated rings. The monoisotopic (exact) mass is 268 g/mol. The van der Waals surface area contributed by atoms with Crippen LogP contribution in [-0.2, 0) is 0 Å². The molecule has 1 heterocycles. The molecule has 0 spiro atoms. The van der Waals surface area contributed by atoms with Gasteiger partial charge >= 0.3 is 0 Å². The summed E-state index contributed by atoms with van der Waals surface area (Å²) in [7, 11) is 3.26. The van der Waals surface area contributed by atoms with E-state index in [1.54, 1.807) is 25.6 Å². The van der Waals surface area contributed by atoms with E-state index in [4.69, 9.17) is 21.1 Å². The molecule has 0 aliphatic heterocycles. The van der Waals surface area contributed by atoms with Gasteiger partial charge in [0.15, 0.2) is 0 Å². The lowest BCUT2D eigenvalue weighted by molar-refractivity contribution is 0.391. The van der Waals surface area contributed by atoms with E-state index in [9.17, 15) is 0 Å². The van der Waals surface area contributed by atoms with Crippen LogP contribution < -0.4 is 9.47 Å². The second-order valence-electron chi connectivity index (χ2n) is 3.53. The second-order valence-corrected chi connectivity index (χ2v) is 4.74. The molecule has 0 bridgehead atoms. The Kier molecular flexibility index (Phi) is 3.92. The number of alkyl halides is 1. The van der Waals surface area contributed by atoms with Crippen LogP contribution in [0.5, 0.6) is 11.5 Å². The third kappa shape index (κ3) is 2.56. The number of ether oxygens (including phenoxy) is 2. The van der Waals surface area contributed by atoms with E-state index in [2.05, 4.69) is 0 Å². The summed E-state index contributed by atoms with van der Waals surface area (Å²) < 4.78 is 10.5. The molecule has 0 saturated heterocycles. The smallest absolute Gasteiger partial charge is 0.127 e. The minimum Gasteiger partial charge on any atom is -0.497 e. The first-order valence-electron chi connectivity index (χ1n) is 5.14. The summed E-state index contributed by atoms with van der Waals surface area (Å²) in [5, 5.41) is 3.87. The Morgan fingerprint density at radius 3 is 2.59 bits per heavy atom. The van der Waals surface area contributed by atoms with Gasteiger partial charge in [-0.3, -0.25) is 0 Å². The van der Waals surface area contributed by atoms with Crippen molar-refractivity contribution in [1.29, 1.82) is 0 Å². The van der Waals surface area contributed by atoms with Crippen LogP contribution in [-0.4, -0.2) is 14.2 Å². The maximum Gasteiger partial charge on any atom is 0.127 e. The molecule has 2 nitrogen and oxygen atoms in total. The second kappa shape index (κ2) is 5.43. The summed E-state index contributed by atoms with van der Waals surface area (Å²) in [4.78, 5) is 0. The third-order valence-electron chi connectivity index (χ3n) is 2.55. The molecule has 1 aromatic heterocycles. The Morgan fingerprint density at radius 1 is 1.18 bits per heavy atom. The molecule has 1 atom stereocenters. The van der Waals surface area contributed by atoms with Gasteiger partial charge < -0.3 is 9.47 Å². The largest absolute Gasteiger partial charge is 0.497 e. The first-order chi connectivity index (χ1) is 8.26. The number of thiophene rings is 1. The summed E-state index contributed by atoms with van der Waals surface area (Å²) in [6.07, 6.45) is 0. The summed E-state index contributed by atoms with van der Waals surface area (Å²) in [6.45, 7) is 0. The highest BCUT2D eigenvalue weighted by Crippen LogP contribution is 2.37. The topological polar surface area (TPSA) is 18.5 Å². The highest BCUT2D eigenvalue weighted by Gasteiger charge is 2.16. The fraction of sp³-hybridized carbons (Fsp3) is 0.231. The quantitative estimate of drug-likeness (QED) is 0.778. The van der Waals surface area contributed by atoms with Crippen LogP contribution in [0.1, 0.15) is 16.5 Å². The van der Waals surface area contributed by atoms with E-state index < -0.39 is 0 Å². The van der Waals surface area contributed by atoms with Crippen LogP contribution in [0.15, 0.2) is 35.0 Å². The lowest BCUT2D eigenvalue weighted by atomic mass is 10.1. The molecule has 17 heavy (non-hydrogen) atoms. The van der Waals surface area contributed by atoms with Gasteiger partial charge in [0.1, 0.15) is 11.5 Å². The zero-order valence-corrected chi connectivity index (χ0v) is 11.2. The SMILES string of the molecule is COc1ccc(C(Cl)c2ccsc2)c(OC)c1. The van der Waals surface area contributed by atoms with Crippen molar-refractivity contribution in [2.24, 2.45) is 0 Å². The van der Waals surface area contributed by atoms with E-state index in [0.717, 1.165) is 22.6 Å². The maximum atomic E-state index is 6.44. The standard InChI is InChI=1S/C13H13ClO2S/c1-15-10-3-4-11(12(7-10)16-2)13(14)9-5-6-17-8-9/h3-8,13H,1-2H3. The van der Waals surface area contributed by atoms with Gasteiger partial charge in [-0.2, -0.15) is 11.3 Å². The molecule has 0 amide bonds. The molecule has 1 unspecified atom stereocenters. The van der Waals surface area contributed by atoms with Gasteiger partial charge in [0.05, 0.1) is 19.6 Å². The van der Waals surface area contributed by atoms with Crippen LogP contribution in [0, 0.1) is 0 Å². The average Bonchev–Trinajstić information content (AvgIpc) is 2.91. The summed E-state index contributed by atoms with van der Waals surface area (Å²) in [5.74, 6) is 1.51. The molecule has 1 aromatic carbocycles. The van der Waals surface area contributed by atoms with Crippen molar-refractivity contribution >= 4 is 22.9 Å². The molecule has 0 aliphatic rings. The Hall–Kier alpha value is -1.19. The summed E-state index contributed by atoms with van der Waals surface area (Å²) in [5.41, 5.74) is 2.04. The van der Waals surface area contributed by atoms with E-state index in [1.807, 2.05) is 35.0 Å². The number of rotatable bonds is 4. The van der Waals surface area contributed by atoms with Crippen LogP contribution >= 0.6 is 22.9 Å². The summed E-state index contributed by atoms with van der Waals surface area (Å²) >= 11 is 8.07. The molecule has 0 N–H and O–H groups in total. The van der Waals surface area contributed by atoms with Crippen LogP contribution in [0.4, 0.5) is 0 Å². The number of hydrogen-bond donors (Lipinski definition) is 0. The minimum atomic E-state index is -0.192. The van der Waals surface area contributed by atoms with Gasteiger partial charge in [-0.05, 0) is 34.5 Å².